The van der Waals surface area contributed by atoms with E-state index in [1.807, 2.05) is 30.3 Å². The predicted molar refractivity (Wildman–Crippen MR) is 105 cm³/mol. The predicted octanol–water partition coefficient (Wildman–Crippen LogP) is 2.34. The molecule has 3 rings (SSSR count). The average Bonchev–Trinajstić information content (AvgIpc) is 3.34. The maximum atomic E-state index is 12.8. The van der Waals surface area contributed by atoms with Crippen LogP contribution in [0.15, 0.2) is 58.3 Å². The molecule has 0 radical (unpaired) electrons. The monoisotopic (exact) mass is 399 g/mol. The molecule has 3 aromatic rings. The molecule has 0 saturated heterocycles. The number of rotatable bonds is 8. The van der Waals surface area contributed by atoms with E-state index in [1.54, 1.807) is 35.7 Å². The smallest absolute Gasteiger partial charge is 0.240 e. The van der Waals surface area contributed by atoms with Crippen LogP contribution in [-0.4, -0.2) is 45.6 Å². The van der Waals surface area contributed by atoms with Gasteiger partial charge in [-0.15, -0.1) is 10.2 Å². The summed E-state index contributed by atoms with van der Waals surface area (Å²) < 4.78 is 7.19. The van der Waals surface area contributed by atoms with Gasteiger partial charge in [-0.3, -0.25) is 14.2 Å². The molecule has 146 valence electrons. The zero-order valence-corrected chi connectivity index (χ0v) is 16.4. The molecule has 9 heteroatoms. The fourth-order valence-corrected chi connectivity index (χ4v) is 3.82. The van der Waals surface area contributed by atoms with Gasteiger partial charge >= 0.3 is 0 Å². The lowest BCUT2D eigenvalue weighted by molar-refractivity contribution is -0.128. The fourth-order valence-electron chi connectivity index (χ4n) is 2.62. The summed E-state index contributed by atoms with van der Waals surface area (Å²) in [6.45, 7) is 0.290. The number of carbonyl (C=O) groups excluding carboxylic acids is 2. The zero-order chi connectivity index (χ0) is 20.1. The van der Waals surface area contributed by atoms with Crippen LogP contribution in [0.2, 0.25) is 0 Å². The van der Waals surface area contributed by atoms with Crippen molar-refractivity contribution < 1.29 is 14.0 Å². The van der Waals surface area contributed by atoms with Gasteiger partial charge in [0.1, 0.15) is 5.25 Å². The second-order valence-corrected chi connectivity index (χ2v) is 7.36. The lowest BCUT2D eigenvalue weighted by atomic mass is 10.1. The lowest BCUT2D eigenvalue weighted by Gasteiger charge is -2.20. The number of primary amides is 1. The van der Waals surface area contributed by atoms with Gasteiger partial charge in [-0.25, -0.2) is 0 Å². The van der Waals surface area contributed by atoms with Crippen molar-refractivity contribution in [3.63, 3.8) is 0 Å². The molecule has 0 aliphatic heterocycles. The van der Waals surface area contributed by atoms with E-state index in [4.69, 9.17) is 10.2 Å². The van der Waals surface area contributed by atoms with Gasteiger partial charge in [0, 0.05) is 27.1 Å². The molecule has 2 aromatic heterocycles. The summed E-state index contributed by atoms with van der Waals surface area (Å²) >= 11 is 1.28. The Hall–Kier alpha value is -3.07. The van der Waals surface area contributed by atoms with Crippen LogP contribution in [-0.2, 0) is 16.1 Å². The first-order valence-electron chi connectivity index (χ1n) is 8.65. The summed E-state index contributed by atoms with van der Waals surface area (Å²) in [5, 5.41) is 8.47. The minimum absolute atomic E-state index is 0.0693. The molecule has 0 fully saturated rings. The van der Waals surface area contributed by atoms with Gasteiger partial charge in [0.25, 0.3) is 0 Å². The van der Waals surface area contributed by atoms with Gasteiger partial charge in [-0.1, -0.05) is 42.1 Å². The summed E-state index contributed by atoms with van der Waals surface area (Å²) in [6.07, 6.45) is 1.66. The Morgan fingerprint density at radius 3 is 2.54 bits per heavy atom. The average molecular weight is 399 g/mol. The van der Waals surface area contributed by atoms with Gasteiger partial charge in [0.15, 0.2) is 16.7 Å². The zero-order valence-electron chi connectivity index (χ0n) is 15.6. The van der Waals surface area contributed by atoms with Crippen LogP contribution in [0.5, 0.6) is 0 Å². The number of thioether (sulfide) groups is 1. The normalized spacial score (nSPS) is 11.9. The summed E-state index contributed by atoms with van der Waals surface area (Å²) in [7, 11) is 3.43. The largest absolute Gasteiger partial charge is 0.461 e. The summed E-state index contributed by atoms with van der Waals surface area (Å²) in [5.41, 5.74) is 6.18. The van der Waals surface area contributed by atoms with Crippen LogP contribution in [0.3, 0.4) is 0 Å². The first-order valence-corrected chi connectivity index (χ1v) is 9.53. The molecular weight excluding hydrogens is 378 g/mol. The Bertz CT molecular complexity index is 938. The van der Waals surface area contributed by atoms with E-state index in [0.717, 1.165) is 5.56 Å². The van der Waals surface area contributed by atoms with Crippen LogP contribution in [0.1, 0.15) is 17.2 Å². The second kappa shape index (κ2) is 8.75. The van der Waals surface area contributed by atoms with E-state index in [1.165, 1.54) is 18.0 Å². The fraction of sp³-hybridized carbons (Fsp3) is 0.263. The Morgan fingerprint density at radius 1 is 1.18 bits per heavy atom. The summed E-state index contributed by atoms with van der Waals surface area (Å²) in [5.74, 6) is 0.510. The maximum absolute atomic E-state index is 12.8. The number of nitrogens with zero attached hydrogens (tertiary/aromatic N) is 4. The molecule has 0 saturated carbocycles. The molecule has 28 heavy (non-hydrogen) atoms. The van der Waals surface area contributed by atoms with E-state index in [9.17, 15) is 9.59 Å². The molecule has 1 atom stereocenters. The van der Waals surface area contributed by atoms with Crippen molar-refractivity contribution in [3.05, 3.63) is 54.3 Å². The standard InChI is InChI=1S/C19H21N5O3S/c1-23(2)18(26)16(13-7-4-3-5-8-13)28-19-22-21-17(14-9-6-12-27-14)24(19)11-10-15(20)25/h3-9,12,16H,10-11H2,1-2H3,(H2,20,25). The lowest BCUT2D eigenvalue weighted by Crippen LogP contribution is -2.27. The molecule has 1 aromatic carbocycles. The maximum Gasteiger partial charge on any atom is 0.240 e. The Morgan fingerprint density at radius 2 is 1.93 bits per heavy atom. The highest BCUT2D eigenvalue weighted by atomic mass is 32.2. The van der Waals surface area contributed by atoms with Crippen molar-refractivity contribution in [1.29, 1.82) is 0 Å². The van der Waals surface area contributed by atoms with Crippen molar-refractivity contribution in [2.24, 2.45) is 5.73 Å². The minimum Gasteiger partial charge on any atom is -0.461 e. The van der Waals surface area contributed by atoms with Crippen LogP contribution < -0.4 is 5.73 Å². The third-order valence-corrected chi connectivity index (χ3v) is 5.25. The van der Waals surface area contributed by atoms with Gasteiger partial charge in [-0.2, -0.15) is 0 Å². The third kappa shape index (κ3) is 4.42. The van der Waals surface area contributed by atoms with E-state index in [2.05, 4.69) is 10.2 Å². The number of hydrogen-bond acceptors (Lipinski definition) is 6. The van der Waals surface area contributed by atoms with E-state index >= 15 is 0 Å². The van der Waals surface area contributed by atoms with Gasteiger partial charge < -0.3 is 15.1 Å². The highest BCUT2D eigenvalue weighted by Crippen LogP contribution is 2.37. The number of hydrogen-bond donors (Lipinski definition) is 1. The van der Waals surface area contributed by atoms with Gasteiger partial charge in [-0.05, 0) is 17.7 Å². The summed E-state index contributed by atoms with van der Waals surface area (Å²) in [6, 6.07) is 13.0. The molecule has 2 N–H and O–H groups in total. The number of carbonyl (C=O) groups is 2. The molecule has 2 heterocycles. The molecule has 0 bridgehead atoms. The van der Waals surface area contributed by atoms with Crippen LogP contribution in [0.25, 0.3) is 11.6 Å². The van der Waals surface area contributed by atoms with Crippen molar-refractivity contribution in [2.45, 2.75) is 23.4 Å². The number of benzene rings is 1. The number of amides is 2. The van der Waals surface area contributed by atoms with Crippen molar-refractivity contribution in [1.82, 2.24) is 19.7 Å². The SMILES string of the molecule is CN(C)C(=O)C(Sc1nnc(-c2ccco2)n1CCC(N)=O)c1ccccc1. The minimum atomic E-state index is -0.503. The first-order chi connectivity index (χ1) is 13.5. The van der Waals surface area contributed by atoms with E-state index < -0.39 is 11.2 Å². The molecule has 1 unspecified atom stereocenters. The van der Waals surface area contributed by atoms with Crippen LogP contribution in [0, 0.1) is 0 Å². The van der Waals surface area contributed by atoms with Crippen molar-refractivity contribution in [2.75, 3.05) is 14.1 Å². The topological polar surface area (TPSA) is 107 Å². The third-order valence-electron chi connectivity index (χ3n) is 4.03. The number of likely N-dealkylation sites (N-methyl/N-ethyl adjacent to an activating group) is 1. The van der Waals surface area contributed by atoms with E-state index in [0.29, 0.717) is 23.3 Å². The van der Waals surface area contributed by atoms with Crippen molar-refractivity contribution >= 4 is 23.6 Å². The number of nitrogens with two attached hydrogens (primary N) is 1. The number of furan rings is 1. The number of aromatic nitrogens is 3. The van der Waals surface area contributed by atoms with E-state index in [-0.39, 0.29) is 12.3 Å². The molecule has 0 spiro atoms. The van der Waals surface area contributed by atoms with Gasteiger partial charge in [0.05, 0.1) is 6.26 Å². The Labute approximate surface area is 166 Å². The molecule has 0 aliphatic carbocycles. The molecule has 0 aliphatic rings. The van der Waals surface area contributed by atoms with Crippen LogP contribution in [0.4, 0.5) is 0 Å². The van der Waals surface area contributed by atoms with Crippen molar-refractivity contribution in [3.8, 4) is 11.6 Å². The molecule has 8 nitrogen and oxygen atoms in total. The first kappa shape index (κ1) is 19.7. The van der Waals surface area contributed by atoms with Gasteiger partial charge in [0.2, 0.25) is 11.8 Å². The highest BCUT2D eigenvalue weighted by molar-refractivity contribution is 8.00. The molecule has 2 amide bonds. The highest BCUT2D eigenvalue weighted by Gasteiger charge is 2.27. The second-order valence-electron chi connectivity index (χ2n) is 6.29. The Balaban J connectivity index is 1.98. The summed E-state index contributed by atoms with van der Waals surface area (Å²) in [4.78, 5) is 25.7. The Kier molecular flexibility index (Phi) is 6.15. The van der Waals surface area contributed by atoms with Crippen LogP contribution >= 0.6 is 11.8 Å². The molecular formula is C19H21N5O3S. The quantitative estimate of drug-likeness (QED) is 0.583.